The number of alkyl halides is 5. The van der Waals surface area contributed by atoms with E-state index in [2.05, 4.69) is 45.8 Å². The first-order valence-electron chi connectivity index (χ1n) is 14.2. The normalized spacial score (nSPS) is 13.0. The summed E-state index contributed by atoms with van der Waals surface area (Å²) in [6.45, 7) is 30.0. The average molecular weight is 608 g/mol. The molecule has 0 fully saturated rings. The van der Waals surface area contributed by atoms with Crippen molar-refractivity contribution >= 4 is 17.3 Å². The van der Waals surface area contributed by atoms with Crippen molar-refractivity contribution in [3.63, 3.8) is 0 Å². The maximum absolute atomic E-state index is 12.9. The fourth-order valence-corrected chi connectivity index (χ4v) is 1.94. The molecule has 3 nitrogen and oxygen atoms in total. The Bertz CT molecular complexity index is 867. The molecular formula is C34H58F5NO2. The lowest BCUT2D eigenvalue weighted by atomic mass is 9.96. The summed E-state index contributed by atoms with van der Waals surface area (Å²) in [5, 5.41) is 0. The molecule has 0 aliphatic rings. The lowest BCUT2D eigenvalue weighted by molar-refractivity contribution is -0.117. The molecule has 0 amide bonds. The van der Waals surface area contributed by atoms with E-state index in [1.54, 1.807) is 33.8 Å². The van der Waals surface area contributed by atoms with Gasteiger partial charge in [0.05, 0.1) is 6.54 Å². The number of rotatable bonds is 10. The summed E-state index contributed by atoms with van der Waals surface area (Å²) in [5.41, 5.74) is 0.827. The molecule has 0 aromatic carbocycles. The zero-order chi connectivity index (χ0) is 34.7. The molecule has 8 heteroatoms. The van der Waals surface area contributed by atoms with Gasteiger partial charge in [0.25, 0.3) is 5.92 Å². The maximum Gasteiger partial charge on any atom is 0.412 e. The Morgan fingerprint density at radius 2 is 1.26 bits per heavy atom. The molecule has 0 aliphatic carbocycles. The minimum atomic E-state index is -4.22. The molecule has 0 heterocycles. The molecule has 42 heavy (non-hydrogen) atoms. The van der Waals surface area contributed by atoms with E-state index in [1.807, 2.05) is 6.92 Å². The second-order valence-electron chi connectivity index (χ2n) is 10.2. The van der Waals surface area contributed by atoms with Crippen molar-refractivity contribution in [1.29, 1.82) is 0 Å². The van der Waals surface area contributed by atoms with Crippen LogP contribution in [0.1, 0.15) is 109 Å². The predicted molar refractivity (Wildman–Crippen MR) is 173 cm³/mol. The smallest absolute Gasteiger partial charge is 0.300 e. The Morgan fingerprint density at radius 1 is 0.833 bits per heavy atom. The van der Waals surface area contributed by atoms with Crippen LogP contribution in [0, 0.1) is 11.8 Å². The number of Topliss-reactive ketones (excluding diaryl/α,β-unsaturated/α-hetero) is 2. The summed E-state index contributed by atoms with van der Waals surface area (Å²) in [5.74, 6) is -0.560. The second-order valence-corrected chi connectivity index (χ2v) is 10.2. The van der Waals surface area contributed by atoms with Gasteiger partial charge in [0.15, 0.2) is 0 Å². The average Bonchev–Trinajstić information content (AvgIpc) is 2.87. The van der Waals surface area contributed by atoms with E-state index in [0.29, 0.717) is 30.7 Å². The lowest BCUT2D eigenvalue weighted by Crippen LogP contribution is -2.14. The minimum Gasteiger partial charge on any atom is -0.300 e. The molecule has 0 N–H and O–H groups in total. The van der Waals surface area contributed by atoms with Gasteiger partial charge in [0.2, 0.25) is 0 Å². The third kappa shape index (κ3) is 41.8. The van der Waals surface area contributed by atoms with Gasteiger partial charge in [0.1, 0.15) is 11.6 Å². The fourth-order valence-electron chi connectivity index (χ4n) is 1.94. The zero-order valence-corrected chi connectivity index (χ0v) is 28.4. The van der Waals surface area contributed by atoms with Crippen LogP contribution >= 0.6 is 0 Å². The van der Waals surface area contributed by atoms with Crippen LogP contribution in [0.5, 0.6) is 0 Å². The van der Waals surface area contributed by atoms with Gasteiger partial charge in [-0.3, -0.25) is 4.99 Å². The maximum atomic E-state index is 12.9. The topological polar surface area (TPSA) is 46.5 Å². The molecule has 0 rings (SSSR count). The number of halogens is 5. The van der Waals surface area contributed by atoms with E-state index in [4.69, 9.17) is 0 Å². The first kappa shape index (κ1) is 49.1. The molecule has 0 spiro atoms. The van der Waals surface area contributed by atoms with Gasteiger partial charge >= 0.3 is 6.18 Å². The number of ketones is 2. The van der Waals surface area contributed by atoms with Crippen molar-refractivity contribution in [3.05, 3.63) is 60.3 Å². The van der Waals surface area contributed by atoms with Crippen LogP contribution in [0.4, 0.5) is 22.0 Å². The summed E-state index contributed by atoms with van der Waals surface area (Å²) >= 11 is 0. The lowest BCUT2D eigenvalue weighted by Gasteiger charge is -2.13. The van der Waals surface area contributed by atoms with Gasteiger partial charge < -0.3 is 9.59 Å². The van der Waals surface area contributed by atoms with E-state index in [9.17, 15) is 31.5 Å². The molecule has 1 unspecified atom stereocenters. The Morgan fingerprint density at radius 3 is 1.48 bits per heavy atom. The highest BCUT2D eigenvalue weighted by Crippen LogP contribution is 2.26. The summed E-state index contributed by atoms with van der Waals surface area (Å²) in [6, 6.07) is 0. The van der Waals surface area contributed by atoms with E-state index in [0.717, 1.165) is 31.8 Å². The van der Waals surface area contributed by atoms with Gasteiger partial charge in [-0.05, 0) is 71.4 Å². The van der Waals surface area contributed by atoms with Gasteiger partial charge in [-0.15, -0.1) is 6.58 Å². The quantitative estimate of drug-likeness (QED) is 0.107. The molecule has 0 saturated heterocycles. The van der Waals surface area contributed by atoms with Crippen molar-refractivity contribution in [2.45, 2.75) is 121 Å². The number of hydrogen-bond acceptors (Lipinski definition) is 3. The van der Waals surface area contributed by atoms with E-state index in [-0.39, 0.29) is 17.1 Å². The number of carbonyl (C=O) groups is 2. The number of aliphatic imine (C=N–C) groups is 1. The van der Waals surface area contributed by atoms with E-state index < -0.39 is 17.7 Å². The number of nitrogens with zero attached hydrogens (tertiary/aromatic N) is 1. The monoisotopic (exact) mass is 607 g/mol. The highest BCUT2D eigenvalue weighted by molar-refractivity contribution is 5.93. The Hall–Kier alpha value is -2.64. The molecule has 0 aliphatic heterocycles. The third-order valence-corrected chi connectivity index (χ3v) is 5.44. The highest BCUT2D eigenvalue weighted by Gasteiger charge is 2.29. The van der Waals surface area contributed by atoms with Crippen LogP contribution in [0.3, 0.4) is 0 Å². The predicted octanol–water partition coefficient (Wildman–Crippen LogP) is 11.5. The summed E-state index contributed by atoms with van der Waals surface area (Å²) in [7, 11) is 0. The summed E-state index contributed by atoms with van der Waals surface area (Å²) in [6.07, 6.45) is 5.10. The second kappa shape index (κ2) is 28.5. The van der Waals surface area contributed by atoms with Gasteiger partial charge in [-0.2, -0.15) is 13.2 Å². The SMILES string of the molecule is C=C/C(C)=C\C=C(/C)C(F)(F)F.C=CCN=C(C)/C=C(\CC)C(C)(F)F.CC(C)=O.CCC(C)=O.CCC(C)C(C)C. The number of carbonyl (C=O) groups excluding carboxylic acids is 2. The largest absolute Gasteiger partial charge is 0.412 e. The fraction of sp³-hybridized carbons (Fsp3) is 0.618. The highest BCUT2D eigenvalue weighted by atomic mass is 19.4. The molecular weight excluding hydrogens is 549 g/mol. The summed E-state index contributed by atoms with van der Waals surface area (Å²) in [4.78, 5) is 23.3. The van der Waals surface area contributed by atoms with Crippen molar-refractivity contribution in [2.75, 3.05) is 6.54 Å². The van der Waals surface area contributed by atoms with Gasteiger partial charge in [0, 0.05) is 24.6 Å². The Labute approximate surface area is 253 Å². The van der Waals surface area contributed by atoms with Crippen molar-refractivity contribution in [1.82, 2.24) is 0 Å². The molecule has 0 aromatic rings. The summed E-state index contributed by atoms with van der Waals surface area (Å²) < 4.78 is 61.5. The van der Waals surface area contributed by atoms with Crippen LogP contribution in [-0.4, -0.2) is 35.9 Å². The third-order valence-electron chi connectivity index (χ3n) is 5.44. The number of hydrogen-bond donors (Lipinski definition) is 0. The van der Waals surface area contributed by atoms with Crippen molar-refractivity contribution < 1.29 is 31.5 Å². The van der Waals surface area contributed by atoms with Crippen molar-refractivity contribution in [3.8, 4) is 0 Å². The van der Waals surface area contributed by atoms with Crippen LogP contribution in [0.2, 0.25) is 0 Å². The van der Waals surface area contributed by atoms with Gasteiger partial charge in [-0.25, -0.2) is 8.78 Å². The molecule has 0 saturated carbocycles. The molecule has 1 atom stereocenters. The van der Waals surface area contributed by atoms with Gasteiger partial charge in [-0.1, -0.05) is 84.4 Å². The molecule has 0 bridgehead atoms. The molecule has 0 radical (unpaired) electrons. The van der Waals surface area contributed by atoms with Crippen LogP contribution in [0.25, 0.3) is 0 Å². The van der Waals surface area contributed by atoms with Crippen molar-refractivity contribution in [2.24, 2.45) is 16.8 Å². The standard InChI is InChI=1S/C11H17F2N.C9H11F3.C7H16.C4H8O.C3H6O/c1-5-7-14-9(3)8-10(6-2)11(4,12)13;1-4-7(2)5-6-8(3)9(10,11)12;1-5-7(4)6(2)3;1-3-4(2)5;1-3(2)4/h5,8H,1,6-7H2,2-4H3;4-6H,1H2,2-3H3;6-7H,5H2,1-4H3;3H2,1-2H3;1-2H3/b10-8+,14-9?;7-5-,8-6+;;;. The molecule has 0 aromatic heterocycles. The minimum absolute atomic E-state index is 0.114. The Balaban J connectivity index is -0.000000147. The van der Waals surface area contributed by atoms with E-state index in [1.165, 1.54) is 38.5 Å². The first-order chi connectivity index (χ1) is 19.0. The van der Waals surface area contributed by atoms with Crippen LogP contribution in [0.15, 0.2) is 65.2 Å². The zero-order valence-electron chi connectivity index (χ0n) is 28.4. The molecule has 246 valence electrons. The van der Waals surface area contributed by atoms with E-state index >= 15 is 0 Å². The Kier molecular flexibility index (Phi) is 33.3. The van der Waals surface area contributed by atoms with Crippen LogP contribution in [-0.2, 0) is 9.59 Å². The number of allylic oxidation sites excluding steroid dienone is 7. The first-order valence-corrected chi connectivity index (χ1v) is 14.2. The van der Waals surface area contributed by atoms with Crippen LogP contribution < -0.4 is 0 Å².